The van der Waals surface area contributed by atoms with E-state index in [0.29, 0.717) is 18.8 Å². The molecule has 0 radical (unpaired) electrons. The van der Waals surface area contributed by atoms with Crippen LogP contribution >= 0.6 is 0 Å². The molecule has 0 spiro atoms. The van der Waals surface area contributed by atoms with E-state index in [0.717, 1.165) is 30.8 Å². The van der Waals surface area contributed by atoms with Crippen molar-refractivity contribution >= 4 is 5.91 Å². The Hall–Kier alpha value is -2.30. The van der Waals surface area contributed by atoms with Gasteiger partial charge in [0.15, 0.2) is 5.69 Å². The summed E-state index contributed by atoms with van der Waals surface area (Å²) in [6, 6.07) is 10.6. The Labute approximate surface area is 148 Å². The SMILES string of the molecule is Cc1c(C(=O)NCC2(c3ccccc3)CCCCC2)nn2c1OCC2. The van der Waals surface area contributed by atoms with Gasteiger partial charge in [-0.1, -0.05) is 49.6 Å². The third-order valence-electron chi connectivity index (χ3n) is 5.67. The highest BCUT2D eigenvalue weighted by Crippen LogP contribution is 2.39. The van der Waals surface area contributed by atoms with E-state index in [4.69, 9.17) is 4.74 Å². The highest BCUT2D eigenvalue weighted by Gasteiger charge is 2.35. The van der Waals surface area contributed by atoms with Gasteiger partial charge in [0.05, 0.1) is 6.54 Å². The van der Waals surface area contributed by atoms with E-state index in [1.54, 1.807) is 4.68 Å². The molecule has 4 rings (SSSR count). The van der Waals surface area contributed by atoms with E-state index in [1.165, 1.54) is 24.8 Å². The average molecular weight is 339 g/mol. The lowest BCUT2D eigenvalue weighted by Crippen LogP contribution is -2.42. The van der Waals surface area contributed by atoms with Crippen molar-refractivity contribution in [2.75, 3.05) is 13.2 Å². The number of carbonyl (C=O) groups excluding carboxylic acids is 1. The number of amides is 1. The van der Waals surface area contributed by atoms with Crippen LogP contribution in [0.25, 0.3) is 0 Å². The first-order chi connectivity index (χ1) is 12.2. The van der Waals surface area contributed by atoms with Crippen LogP contribution in [0.1, 0.15) is 53.7 Å². The van der Waals surface area contributed by atoms with Crippen LogP contribution in [0.3, 0.4) is 0 Å². The Balaban J connectivity index is 1.53. The molecule has 1 N–H and O–H groups in total. The van der Waals surface area contributed by atoms with Crippen molar-refractivity contribution in [1.29, 1.82) is 0 Å². The molecule has 0 bridgehead atoms. The van der Waals surface area contributed by atoms with Gasteiger partial charge in [0.1, 0.15) is 6.61 Å². The first-order valence-corrected chi connectivity index (χ1v) is 9.24. The van der Waals surface area contributed by atoms with Crippen LogP contribution in [0, 0.1) is 6.92 Å². The number of hydrogen-bond acceptors (Lipinski definition) is 3. The van der Waals surface area contributed by atoms with Crippen LogP contribution in [0.4, 0.5) is 0 Å². The second kappa shape index (κ2) is 6.54. The number of carbonyl (C=O) groups is 1. The highest BCUT2D eigenvalue weighted by atomic mass is 16.5. The number of ether oxygens (including phenoxy) is 1. The van der Waals surface area contributed by atoms with Crippen molar-refractivity contribution < 1.29 is 9.53 Å². The fourth-order valence-corrected chi connectivity index (χ4v) is 4.24. The monoisotopic (exact) mass is 339 g/mol. The molecule has 2 aliphatic rings. The number of rotatable bonds is 4. The van der Waals surface area contributed by atoms with Gasteiger partial charge in [0, 0.05) is 17.5 Å². The fourth-order valence-electron chi connectivity index (χ4n) is 4.24. The zero-order valence-corrected chi connectivity index (χ0v) is 14.8. The first-order valence-electron chi connectivity index (χ1n) is 9.24. The van der Waals surface area contributed by atoms with Crippen molar-refractivity contribution in [2.45, 2.75) is 51.0 Å². The highest BCUT2D eigenvalue weighted by molar-refractivity contribution is 5.94. The molecule has 5 heteroatoms. The van der Waals surface area contributed by atoms with Crippen LogP contribution < -0.4 is 10.1 Å². The standard InChI is InChI=1S/C20H25N3O2/c1-15-17(22-23-12-13-25-19(15)23)18(24)21-14-20(10-6-3-7-11-20)16-8-4-2-5-9-16/h2,4-5,8-9H,3,6-7,10-14H2,1H3,(H,21,24). The topological polar surface area (TPSA) is 56.2 Å². The molecule has 5 nitrogen and oxygen atoms in total. The van der Waals surface area contributed by atoms with Gasteiger partial charge in [-0.25, -0.2) is 4.68 Å². The van der Waals surface area contributed by atoms with E-state index in [2.05, 4.69) is 40.7 Å². The maximum Gasteiger partial charge on any atom is 0.272 e. The smallest absolute Gasteiger partial charge is 0.272 e. The number of benzene rings is 1. The molecule has 1 aromatic carbocycles. The van der Waals surface area contributed by atoms with Gasteiger partial charge in [-0.3, -0.25) is 4.79 Å². The number of nitrogens with one attached hydrogen (secondary N) is 1. The van der Waals surface area contributed by atoms with Gasteiger partial charge >= 0.3 is 0 Å². The summed E-state index contributed by atoms with van der Waals surface area (Å²) in [5.74, 6) is 0.643. The van der Waals surface area contributed by atoms with Crippen molar-refractivity contribution in [3.05, 3.63) is 47.2 Å². The average Bonchev–Trinajstić information content (AvgIpc) is 3.24. The fraction of sp³-hybridized carbons (Fsp3) is 0.500. The van der Waals surface area contributed by atoms with Crippen LogP contribution in [0.15, 0.2) is 30.3 Å². The van der Waals surface area contributed by atoms with Gasteiger partial charge in [-0.2, -0.15) is 5.10 Å². The summed E-state index contributed by atoms with van der Waals surface area (Å²) in [5, 5.41) is 7.60. The molecule has 0 saturated heterocycles. The lowest BCUT2D eigenvalue weighted by atomic mass is 9.69. The predicted octanol–water partition coefficient (Wildman–Crippen LogP) is 3.22. The van der Waals surface area contributed by atoms with E-state index in [9.17, 15) is 4.79 Å². The minimum absolute atomic E-state index is 0.0437. The normalized spacial score (nSPS) is 18.4. The number of aromatic nitrogens is 2. The van der Waals surface area contributed by atoms with E-state index in [1.807, 2.05) is 6.92 Å². The van der Waals surface area contributed by atoms with Crippen LogP contribution in [-0.4, -0.2) is 28.8 Å². The maximum atomic E-state index is 12.7. The van der Waals surface area contributed by atoms with E-state index in [-0.39, 0.29) is 11.3 Å². The molecule has 0 atom stereocenters. The van der Waals surface area contributed by atoms with Crippen molar-refractivity contribution in [1.82, 2.24) is 15.1 Å². The molecule has 0 unspecified atom stereocenters. The number of hydrogen-bond donors (Lipinski definition) is 1. The summed E-state index contributed by atoms with van der Waals surface area (Å²) in [5.41, 5.74) is 2.71. The molecule has 1 saturated carbocycles. The third-order valence-corrected chi connectivity index (χ3v) is 5.67. The summed E-state index contributed by atoms with van der Waals surface area (Å²) in [7, 11) is 0. The summed E-state index contributed by atoms with van der Waals surface area (Å²) < 4.78 is 7.35. The molecule has 2 aromatic rings. The van der Waals surface area contributed by atoms with Crippen LogP contribution in [0.2, 0.25) is 0 Å². The maximum absolute atomic E-state index is 12.7. The second-order valence-electron chi connectivity index (χ2n) is 7.24. The lowest BCUT2D eigenvalue weighted by molar-refractivity contribution is 0.0930. The van der Waals surface area contributed by atoms with Gasteiger partial charge < -0.3 is 10.1 Å². The van der Waals surface area contributed by atoms with Crippen molar-refractivity contribution in [2.24, 2.45) is 0 Å². The molecule has 1 fully saturated rings. The van der Waals surface area contributed by atoms with Gasteiger partial charge in [-0.15, -0.1) is 0 Å². The molecular formula is C20H25N3O2. The Morgan fingerprint density at radius 2 is 2.00 bits per heavy atom. The van der Waals surface area contributed by atoms with Gasteiger partial charge in [0.25, 0.3) is 5.91 Å². The summed E-state index contributed by atoms with van der Waals surface area (Å²) >= 11 is 0. The zero-order chi connectivity index (χ0) is 17.3. The molecule has 1 aromatic heterocycles. The Morgan fingerprint density at radius 1 is 1.24 bits per heavy atom. The van der Waals surface area contributed by atoms with E-state index >= 15 is 0 Å². The molecule has 1 aliphatic carbocycles. The summed E-state index contributed by atoms with van der Waals surface area (Å²) in [4.78, 5) is 12.7. The second-order valence-corrected chi connectivity index (χ2v) is 7.24. The molecule has 25 heavy (non-hydrogen) atoms. The minimum Gasteiger partial charge on any atom is -0.476 e. The molecule has 2 heterocycles. The quantitative estimate of drug-likeness (QED) is 0.930. The Morgan fingerprint density at radius 3 is 2.72 bits per heavy atom. The van der Waals surface area contributed by atoms with E-state index < -0.39 is 0 Å². The molecule has 1 amide bonds. The van der Waals surface area contributed by atoms with Crippen LogP contribution in [-0.2, 0) is 12.0 Å². The minimum atomic E-state index is -0.0936. The zero-order valence-electron chi connectivity index (χ0n) is 14.8. The van der Waals surface area contributed by atoms with Crippen molar-refractivity contribution in [3.63, 3.8) is 0 Å². The predicted molar refractivity (Wildman–Crippen MR) is 96.0 cm³/mol. The Bertz CT molecular complexity index is 761. The lowest BCUT2D eigenvalue weighted by Gasteiger charge is -2.38. The van der Waals surface area contributed by atoms with Gasteiger partial charge in [0.2, 0.25) is 5.88 Å². The Kier molecular flexibility index (Phi) is 4.24. The number of fused-ring (bicyclic) bond motifs is 1. The summed E-state index contributed by atoms with van der Waals surface area (Å²) in [6.07, 6.45) is 5.97. The largest absolute Gasteiger partial charge is 0.476 e. The number of nitrogens with zero attached hydrogens (tertiary/aromatic N) is 2. The molecular weight excluding hydrogens is 314 g/mol. The first kappa shape index (κ1) is 16.2. The van der Waals surface area contributed by atoms with Crippen LogP contribution in [0.5, 0.6) is 5.88 Å². The summed E-state index contributed by atoms with van der Waals surface area (Å²) in [6.45, 7) is 3.94. The third kappa shape index (κ3) is 2.92. The molecule has 132 valence electrons. The van der Waals surface area contributed by atoms with Gasteiger partial charge in [-0.05, 0) is 25.3 Å². The molecule has 1 aliphatic heterocycles. The van der Waals surface area contributed by atoms with Crippen molar-refractivity contribution in [3.8, 4) is 5.88 Å².